The third kappa shape index (κ3) is 10.6. The lowest BCUT2D eigenvalue weighted by Gasteiger charge is -2.35. The lowest BCUT2D eigenvalue weighted by atomic mass is 9.97. The Balaban J connectivity index is 1.07. The Bertz CT molecular complexity index is 3100. The number of hydrogen-bond donors (Lipinski definition) is 2. The third-order valence-corrected chi connectivity index (χ3v) is 13.8. The van der Waals surface area contributed by atoms with Crippen molar-refractivity contribution in [3.8, 4) is 11.5 Å². The third-order valence-electron chi connectivity index (χ3n) is 11.2. The Labute approximate surface area is 434 Å². The van der Waals surface area contributed by atoms with Gasteiger partial charge in [-0.3, -0.25) is 24.5 Å². The number of benzene rings is 3. The number of amides is 4. The molecule has 8 rings (SSSR count). The molecule has 23 nitrogen and oxygen atoms in total. The van der Waals surface area contributed by atoms with E-state index in [1.54, 1.807) is 102 Å². The fourth-order valence-electron chi connectivity index (χ4n) is 7.93. The summed E-state index contributed by atoms with van der Waals surface area (Å²) in [5.41, 5.74) is -7.92. The molecule has 2 fully saturated rings. The topological polar surface area (TPSA) is 283 Å². The minimum Gasteiger partial charge on any atom is -0.457 e. The van der Waals surface area contributed by atoms with Crippen LogP contribution in [0.5, 0.6) is 11.5 Å². The summed E-state index contributed by atoms with van der Waals surface area (Å²) in [5, 5.41) is 10.4. The molecule has 0 aliphatic carbocycles. The van der Waals surface area contributed by atoms with E-state index in [0.717, 1.165) is 17.4 Å². The van der Waals surface area contributed by atoms with Crippen molar-refractivity contribution < 1.29 is 80.1 Å². The molecule has 4 aliphatic heterocycles. The molecule has 4 aromatic rings. The van der Waals surface area contributed by atoms with Crippen molar-refractivity contribution in [1.82, 2.24) is 19.7 Å². The number of nitrogens with zero attached hydrogens (tertiary/aromatic N) is 4. The molecule has 5 heterocycles. The summed E-state index contributed by atoms with van der Waals surface area (Å²) >= 11 is 0.861. The number of thiazole rings is 1. The SMILES string of the molecule is CC(C)(C)OC(=O)Nc1nc(/C(=N/OC(C)(C)C(=O)OC(C)(C)C)C(=O)N[C@H]2CON(C3(C(=O)OC(C)(C)C)C[C@H](N4C(=O)c5cc6c(cc5S4(=O)=O)OC(c4ccccc4)(c4ccccc4)O6)C(=O)O3)C2=O)cs1. The second-order valence-electron chi connectivity index (χ2n) is 21.0. The molecule has 0 saturated carbocycles. The van der Waals surface area contributed by atoms with Crippen molar-refractivity contribution in [3.05, 3.63) is 101 Å². The number of oxime groups is 1. The van der Waals surface area contributed by atoms with Gasteiger partial charge in [0.15, 0.2) is 28.4 Å². The van der Waals surface area contributed by atoms with Gasteiger partial charge < -0.3 is 38.6 Å². The molecule has 1 aromatic heterocycles. The zero-order valence-electron chi connectivity index (χ0n) is 42.6. The maximum absolute atomic E-state index is 14.5. The Morgan fingerprint density at radius 3 is 1.93 bits per heavy atom. The molecule has 25 heteroatoms. The van der Waals surface area contributed by atoms with E-state index in [0.29, 0.717) is 16.2 Å². The van der Waals surface area contributed by atoms with Crippen LogP contribution in [-0.4, -0.2) is 117 Å². The summed E-state index contributed by atoms with van der Waals surface area (Å²) in [6.45, 7) is 16.2. The normalized spacial score (nSPS) is 21.1. The van der Waals surface area contributed by atoms with Gasteiger partial charge in [-0.25, -0.2) is 36.9 Å². The largest absolute Gasteiger partial charge is 0.457 e. The van der Waals surface area contributed by atoms with Crippen molar-refractivity contribution in [3.63, 3.8) is 0 Å². The summed E-state index contributed by atoms with van der Waals surface area (Å²) in [6, 6.07) is 16.2. The molecule has 398 valence electrons. The van der Waals surface area contributed by atoms with Crippen molar-refractivity contribution >= 4 is 73.9 Å². The molecular formula is C50H54N6O17S2. The average Bonchev–Trinajstić information content (AvgIpc) is 4.12. The number of aromatic nitrogens is 1. The highest BCUT2D eigenvalue weighted by atomic mass is 32.2. The number of hydrogen-bond acceptors (Lipinski definition) is 20. The predicted molar refractivity (Wildman–Crippen MR) is 262 cm³/mol. The summed E-state index contributed by atoms with van der Waals surface area (Å²) in [7, 11) is -4.95. The number of sulfonamides is 1. The first-order chi connectivity index (χ1) is 34.8. The fraction of sp³-hybridized carbons (Fsp3) is 0.420. The van der Waals surface area contributed by atoms with Crippen LogP contribution in [0.4, 0.5) is 9.93 Å². The van der Waals surface area contributed by atoms with E-state index in [4.69, 9.17) is 38.1 Å². The number of fused-ring (bicyclic) bond motifs is 2. The molecule has 0 spiro atoms. The van der Waals surface area contributed by atoms with Crippen LogP contribution < -0.4 is 20.1 Å². The second kappa shape index (κ2) is 18.9. The van der Waals surface area contributed by atoms with Gasteiger partial charge in [-0.2, -0.15) is 5.06 Å². The summed E-state index contributed by atoms with van der Waals surface area (Å²) in [6.07, 6.45) is -1.90. The summed E-state index contributed by atoms with van der Waals surface area (Å²) in [5.74, 6) is -8.84. The van der Waals surface area contributed by atoms with Crippen LogP contribution in [-0.2, 0) is 68.4 Å². The maximum atomic E-state index is 14.5. The van der Waals surface area contributed by atoms with Gasteiger partial charge in [-0.1, -0.05) is 65.8 Å². The van der Waals surface area contributed by atoms with Gasteiger partial charge in [0.05, 0.1) is 12.0 Å². The van der Waals surface area contributed by atoms with Crippen LogP contribution in [0.2, 0.25) is 0 Å². The molecule has 1 unspecified atom stereocenters. The van der Waals surface area contributed by atoms with Gasteiger partial charge in [-0.05, 0) is 82.2 Å². The minimum absolute atomic E-state index is 0.00677. The molecule has 4 aliphatic rings. The van der Waals surface area contributed by atoms with Crippen LogP contribution >= 0.6 is 11.3 Å². The first-order valence-corrected chi connectivity index (χ1v) is 25.6. The smallest absolute Gasteiger partial charge is 0.413 e. The Hall–Kier alpha value is -7.64. The first-order valence-electron chi connectivity index (χ1n) is 23.3. The first kappa shape index (κ1) is 53.6. The molecule has 0 bridgehead atoms. The number of nitrogens with one attached hydrogen (secondary N) is 2. The van der Waals surface area contributed by atoms with E-state index in [1.807, 2.05) is 0 Å². The standard InChI is InChI=1S/C50H54N6O17S2/c1-45(2,3)70-41(61)48(10,11)73-54-36(31-26-74-43(52-31)53-44(63)72-47(7,8)9)37(57)51-30-25-66-56(39(30)59)49(42(62)71-46(4,5)6)24-32(40(60)69-49)55-38(58)29-22-33-34(23-35(29)75(55,64)65)68-50(67-33,27-18-14-12-15-19-27)28-20-16-13-17-21-28/h12-23,26,30,32H,24-25H2,1-11H3,(H,51,57)(H,52,53,63)/b54-36-/t30-,32-,49?/m0/s1. The Kier molecular flexibility index (Phi) is 13.5. The molecular weight excluding hydrogens is 1020 g/mol. The number of ether oxygens (including phenoxy) is 6. The van der Waals surface area contributed by atoms with E-state index in [2.05, 4.69) is 20.8 Å². The van der Waals surface area contributed by atoms with Crippen LogP contribution in [0.25, 0.3) is 0 Å². The molecule has 4 amide bonds. The number of anilines is 1. The highest BCUT2D eigenvalue weighted by molar-refractivity contribution is 7.90. The number of carbonyl (C=O) groups excluding carboxylic acids is 7. The second-order valence-corrected chi connectivity index (χ2v) is 23.7. The monoisotopic (exact) mass is 1070 g/mol. The number of esters is 3. The molecule has 2 N–H and O–H groups in total. The van der Waals surface area contributed by atoms with Crippen molar-refractivity contribution in [2.24, 2.45) is 5.16 Å². The van der Waals surface area contributed by atoms with E-state index in [9.17, 15) is 42.0 Å². The van der Waals surface area contributed by atoms with Gasteiger partial charge in [0.1, 0.15) is 40.0 Å². The Morgan fingerprint density at radius 2 is 1.36 bits per heavy atom. The zero-order chi connectivity index (χ0) is 54.8. The number of rotatable bonds is 12. The average molecular weight is 1080 g/mol. The van der Waals surface area contributed by atoms with Crippen molar-refractivity contribution in [2.45, 2.75) is 133 Å². The zero-order valence-corrected chi connectivity index (χ0v) is 44.3. The fourth-order valence-corrected chi connectivity index (χ4v) is 10.3. The van der Waals surface area contributed by atoms with E-state index < -0.39 is 127 Å². The van der Waals surface area contributed by atoms with Gasteiger partial charge in [0.2, 0.25) is 5.60 Å². The van der Waals surface area contributed by atoms with Gasteiger partial charge >= 0.3 is 35.5 Å². The van der Waals surface area contributed by atoms with Crippen molar-refractivity contribution in [2.75, 3.05) is 11.9 Å². The minimum atomic E-state index is -4.95. The number of carbonyl (C=O) groups is 7. The van der Waals surface area contributed by atoms with Gasteiger partial charge in [0.25, 0.3) is 27.7 Å². The lowest BCUT2D eigenvalue weighted by molar-refractivity contribution is -0.263. The van der Waals surface area contributed by atoms with Crippen LogP contribution in [0.3, 0.4) is 0 Å². The summed E-state index contributed by atoms with van der Waals surface area (Å²) in [4.78, 5) is 112. The van der Waals surface area contributed by atoms with E-state index >= 15 is 0 Å². The van der Waals surface area contributed by atoms with Crippen LogP contribution in [0.1, 0.15) is 110 Å². The van der Waals surface area contributed by atoms with Crippen LogP contribution in [0.15, 0.2) is 88.2 Å². The lowest BCUT2D eigenvalue weighted by Crippen LogP contribution is -2.59. The Morgan fingerprint density at radius 1 is 0.787 bits per heavy atom. The molecule has 75 heavy (non-hydrogen) atoms. The quantitative estimate of drug-likeness (QED) is 0.0771. The number of cyclic esters (lactones) is 1. The highest BCUT2D eigenvalue weighted by Gasteiger charge is 2.67. The van der Waals surface area contributed by atoms with Crippen molar-refractivity contribution in [1.29, 1.82) is 0 Å². The molecule has 0 radical (unpaired) electrons. The predicted octanol–water partition coefficient (Wildman–Crippen LogP) is 5.46. The molecule has 3 atom stereocenters. The van der Waals surface area contributed by atoms with Gasteiger partial charge in [-0.15, -0.1) is 11.3 Å². The summed E-state index contributed by atoms with van der Waals surface area (Å²) < 4.78 is 64.3. The van der Waals surface area contributed by atoms with E-state index in [-0.39, 0.29) is 26.6 Å². The van der Waals surface area contributed by atoms with Crippen LogP contribution in [0, 0.1) is 0 Å². The molecule has 2 saturated heterocycles. The maximum Gasteiger partial charge on any atom is 0.413 e. The van der Waals surface area contributed by atoms with Gasteiger partial charge in [0, 0.05) is 22.6 Å². The molecule has 3 aromatic carbocycles. The highest BCUT2D eigenvalue weighted by Crippen LogP contribution is 2.52. The van der Waals surface area contributed by atoms with E-state index in [1.165, 1.54) is 46.1 Å². The number of hydroxylamine groups is 2.